The fraction of sp³-hybridized carbons (Fsp3) is 0.308. The van der Waals surface area contributed by atoms with Crippen LogP contribution in [-0.4, -0.2) is 46.7 Å². The number of aliphatic carboxylic acids is 1. The lowest BCUT2D eigenvalue weighted by atomic mass is 10.2. The van der Waals surface area contributed by atoms with E-state index in [9.17, 15) is 23.9 Å². The second-order valence-corrected chi connectivity index (χ2v) is 4.32. The Bertz CT molecular complexity index is 547. The molecule has 0 aliphatic heterocycles. The smallest absolute Gasteiger partial charge is 0.328 e. The van der Waals surface area contributed by atoms with Crippen LogP contribution in [0.1, 0.15) is 17.3 Å². The Morgan fingerprint density at radius 3 is 2.52 bits per heavy atom. The van der Waals surface area contributed by atoms with Crippen molar-refractivity contribution in [2.75, 3.05) is 6.54 Å². The van der Waals surface area contributed by atoms with E-state index in [1.807, 2.05) is 0 Å². The summed E-state index contributed by atoms with van der Waals surface area (Å²) in [5.41, 5.74) is 0.0353. The van der Waals surface area contributed by atoms with Gasteiger partial charge in [0.2, 0.25) is 5.91 Å². The Kier molecular flexibility index (Phi) is 5.79. The molecule has 7 nitrogen and oxygen atoms in total. The Labute approximate surface area is 119 Å². The number of halogens is 1. The first-order valence-electron chi connectivity index (χ1n) is 6.05. The van der Waals surface area contributed by atoms with Crippen LogP contribution in [0, 0.1) is 5.82 Å². The topological polar surface area (TPSA) is 116 Å². The zero-order valence-electron chi connectivity index (χ0n) is 11.2. The number of carboxylic acids is 1. The van der Waals surface area contributed by atoms with E-state index in [4.69, 9.17) is 5.11 Å². The van der Waals surface area contributed by atoms with Crippen LogP contribution in [0.3, 0.4) is 0 Å². The summed E-state index contributed by atoms with van der Waals surface area (Å²) in [4.78, 5) is 33.9. The molecule has 0 aromatic heterocycles. The molecule has 8 heteroatoms. The highest BCUT2D eigenvalue weighted by molar-refractivity contribution is 5.96. The third kappa shape index (κ3) is 5.19. The second kappa shape index (κ2) is 7.34. The highest BCUT2D eigenvalue weighted by Gasteiger charge is 2.24. The fourth-order valence-electron chi connectivity index (χ4n) is 1.51. The van der Waals surface area contributed by atoms with Crippen molar-refractivity contribution in [3.8, 4) is 0 Å². The monoisotopic (exact) mass is 298 g/mol. The predicted molar refractivity (Wildman–Crippen MR) is 70.0 cm³/mol. The molecule has 0 bridgehead atoms. The van der Waals surface area contributed by atoms with Gasteiger partial charge in [0.25, 0.3) is 5.91 Å². The summed E-state index contributed by atoms with van der Waals surface area (Å²) in [5, 5.41) is 22.2. The second-order valence-electron chi connectivity index (χ2n) is 4.32. The fourth-order valence-corrected chi connectivity index (χ4v) is 1.51. The number of aliphatic hydroxyl groups excluding tert-OH is 1. The number of hydrogen-bond acceptors (Lipinski definition) is 4. The van der Waals surface area contributed by atoms with E-state index in [1.165, 1.54) is 25.1 Å². The van der Waals surface area contributed by atoms with Crippen molar-refractivity contribution in [2.24, 2.45) is 0 Å². The van der Waals surface area contributed by atoms with Gasteiger partial charge in [-0.25, -0.2) is 9.18 Å². The molecule has 4 N–H and O–H groups in total. The zero-order valence-corrected chi connectivity index (χ0v) is 11.2. The number of rotatable bonds is 6. The van der Waals surface area contributed by atoms with Gasteiger partial charge in [0, 0.05) is 5.56 Å². The minimum atomic E-state index is -1.47. The normalized spacial score (nSPS) is 13.1. The van der Waals surface area contributed by atoms with Crippen molar-refractivity contribution in [3.05, 3.63) is 35.6 Å². The van der Waals surface area contributed by atoms with Gasteiger partial charge in [0.1, 0.15) is 5.82 Å². The number of nitrogens with one attached hydrogen (secondary N) is 2. The van der Waals surface area contributed by atoms with Gasteiger partial charge in [-0.15, -0.1) is 0 Å². The number of carbonyl (C=O) groups excluding carboxylic acids is 2. The lowest BCUT2D eigenvalue weighted by Crippen LogP contribution is -2.50. The van der Waals surface area contributed by atoms with E-state index >= 15 is 0 Å². The minimum Gasteiger partial charge on any atom is -0.480 e. The van der Waals surface area contributed by atoms with Gasteiger partial charge in [-0.3, -0.25) is 9.59 Å². The molecule has 0 saturated carbocycles. The van der Waals surface area contributed by atoms with Crippen molar-refractivity contribution in [2.45, 2.75) is 19.1 Å². The molecule has 0 radical (unpaired) electrons. The van der Waals surface area contributed by atoms with Crippen LogP contribution in [0.2, 0.25) is 0 Å². The Morgan fingerprint density at radius 2 is 2.00 bits per heavy atom. The molecule has 0 saturated heterocycles. The molecule has 0 heterocycles. The molecule has 0 aliphatic rings. The van der Waals surface area contributed by atoms with E-state index in [1.54, 1.807) is 0 Å². The quantitative estimate of drug-likeness (QED) is 0.565. The van der Waals surface area contributed by atoms with Crippen LogP contribution < -0.4 is 10.6 Å². The number of carboxylic acid groups (broad SMARTS) is 1. The molecular weight excluding hydrogens is 283 g/mol. The first-order chi connectivity index (χ1) is 9.81. The van der Waals surface area contributed by atoms with Gasteiger partial charge in [0.15, 0.2) is 6.04 Å². The number of aliphatic hydroxyl groups is 1. The summed E-state index contributed by atoms with van der Waals surface area (Å²) in [6, 6.07) is 3.42. The highest BCUT2D eigenvalue weighted by Crippen LogP contribution is 2.02. The molecule has 1 rings (SSSR count). The number of benzene rings is 1. The van der Waals surface area contributed by atoms with E-state index in [0.717, 1.165) is 6.07 Å². The summed E-state index contributed by atoms with van der Waals surface area (Å²) in [6.07, 6.45) is -1.29. The molecule has 0 unspecified atom stereocenters. The predicted octanol–water partition coefficient (Wildman–Crippen LogP) is -0.494. The summed E-state index contributed by atoms with van der Waals surface area (Å²) >= 11 is 0. The lowest BCUT2D eigenvalue weighted by molar-refractivity contribution is -0.144. The summed E-state index contributed by atoms with van der Waals surface area (Å²) < 4.78 is 12.9. The first-order valence-corrected chi connectivity index (χ1v) is 6.05. The van der Waals surface area contributed by atoms with Gasteiger partial charge in [-0.1, -0.05) is 6.07 Å². The van der Waals surface area contributed by atoms with Crippen LogP contribution in [-0.2, 0) is 9.59 Å². The maximum Gasteiger partial charge on any atom is 0.328 e. The molecule has 114 valence electrons. The van der Waals surface area contributed by atoms with E-state index in [-0.39, 0.29) is 5.56 Å². The summed E-state index contributed by atoms with van der Waals surface area (Å²) in [7, 11) is 0. The maximum atomic E-state index is 12.9. The highest BCUT2D eigenvalue weighted by atomic mass is 19.1. The Balaban J connectivity index is 2.53. The largest absolute Gasteiger partial charge is 0.480 e. The SMILES string of the molecule is C[C@@H](O)[C@H](NC(=O)CNC(=O)c1cccc(F)c1)C(=O)O. The van der Waals surface area contributed by atoms with E-state index in [2.05, 4.69) is 10.6 Å². The van der Waals surface area contributed by atoms with E-state index < -0.39 is 42.3 Å². The third-order valence-corrected chi connectivity index (χ3v) is 2.56. The molecule has 0 fully saturated rings. The minimum absolute atomic E-state index is 0.0353. The van der Waals surface area contributed by atoms with Crippen molar-refractivity contribution in [1.82, 2.24) is 10.6 Å². The molecular formula is C13H15FN2O5. The zero-order chi connectivity index (χ0) is 16.0. The van der Waals surface area contributed by atoms with Crippen molar-refractivity contribution in [1.29, 1.82) is 0 Å². The van der Waals surface area contributed by atoms with Crippen molar-refractivity contribution in [3.63, 3.8) is 0 Å². The standard InChI is InChI=1S/C13H15FN2O5/c1-7(17)11(13(20)21)16-10(18)6-15-12(19)8-3-2-4-9(14)5-8/h2-5,7,11,17H,6H2,1H3,(H,15,19)(H,16,18)(H,20,21)/t7-,11+/m1/s1. The van der Waals surface area contributed by atoms with Gasteiger partial charge in [-0.2, -0.15) is 0 Å². The first kappa shape index (κ1) is 16.6. The maximum absolute atomic E-state index is 12.9. The van der Waals surface area contributed by atoms with Gasteiger partial charge in [0.05, 0.1) is 12.6 Å². The Hall–Kier alpha value is -2.48. The summed E-state index contributed by atoms with van der Waals surface area (Å²) in [5.74, 6) is -3.44. The molecule has 0 aliphatic carbocycles. The van der Waals surface area contributed by atoms with Crippen LogP contribution in [0.15, 0.2) is 24.3 Å². The van der Waals surface area contributed by atoms with Crippen LogP contribution in [0.25, 0.3) is 0 Å². The Morgan fingerprint density at radius 1 is 1.33 bits per heavy atom. The van der Waals surface area contributed by atoms with Gasteiger partial charge < -0.3 is 20.8 Å². The average molecular weight is 298 g/mol. The molecule has 1 aromatic carbocycles. The molecule has 0 spiro atoms. The van der Waals surface area contributed by atoms with Crippen molar-refractivity contribution < 1.29 is 29.0 Å². The van der Waals surface area contributed by atoms with Crippen LogP contribution in [0.4, 0.5) is 4.39 Å². The molecule has 2 atom stereocenters. The average Bonchev–Trinajstić information content (AvgIpc) is 2.41. The van der Waals surface area contributed by atoms with Gasteiger partial charge in [-0.05, 0) is 25.1 Å². The molecule has 2 amide bonds. The molecule has 21 heavy (non-hydrogen) atoms. The number of hydrogen-bond donors (Lipinski definition) is 4. The van der Waals surface area contributed by atoms with Crippen molar-refractivity contribution >= 4 is 17.8 Å². The molecule has 1 aromatic rings. The lowest BCUT2D eigenvalue weighted by Gasteiger charge is -2.17. The van der Waals surface area contributed by atoms with Crippen LogP contribution >= 0.6 is 0 Å². The van der Waals surface area contributed by atoms with E-state index in [0.29, 0.717) is 0 Å². The summed E-state index contributed by atoms with van der Waals surface area (Å²) in [6.45, 7) is 0.718. The van der Waals surface area contributed by atoms with Crippen LogP contribution in [0.5, 0.6) is 0 Å². The van der Waals surface area contributed by atoms with Gasteiger partial charge >= 0.3 is 5.97 Å². The third-order valence-electron chi connectivity index (χ3n) is 2.56. The number of amides is 2. The number of carbonyl (C=O) groups is 3.